The van der Waals surface area contributed by atoms with Crippen molar-refractivity contribution in [2.75, 3.05) is 0 Å². The summed E-state index contributed by atoms with van der Waals surface area (Å²) in [5.41, 5.74) is 2.10. The number of nitrogens with zero attached hydrogens (tertiary/aromatic N) is 3. The van der Waals surface area contributed by atoms with Gasteiger partial charge in [0.05, 0.1) is 15.2 Å². The number of fused-ring (bicyclic) bond motifs is 1. The Hall–Kier alpha value is -2.49. The molecule has 2 saturated carbocycles. The minimum atomic E-state index is -0.127. The fourth-order valence-corrected chi connectivity index (χ4v) is 5.79. The number of pyridine rings is 1. The van der Waals surface area contributed by atoms with Crippen LogP contribution in [0.5, 0.6) is 0 Å². The summed E-state index contributed by atoms with van der Waals surface area (Å²) >= 11 is 7.83. The quantitative estimate of drug-likeness (QED) is 0.682. The predicted molar refractivity (Wildman–Crippen MR) is 108 cm³/mol. The van der Waals surface area contributed by atoms with E-state index in [9.17, 15) is 4.79 Å². The van der Waals surface area contributed by atoms with Gasteiger partial charge in [-0.1, -0.05) is 11.6 Å². The highest BCUT2D eigenvalue weighted by Gasteiger charge is 2.54. The molecule has 1 amide bonds. The van der Waals surface area contributed by atoms with E-state index in [2.05, 4.69) is 10.3 Å². The second-order valence-corrected chi connectivity index (χ2v) is 9.39. The summed E-state index contributed by atoms with van der Waals surface area (Å²) in [6, 6.07) is 11.2. The van der Waals surface area contributed by atoms with Gasteiger partial charge in [-0.3, -0.25) is 4.79 Å². The highest BCUT2D eigenvalue weighted by atomic mass is 35.5. The van der Waals surface area contributed by atoms with Gasteiger partial charge in [0, 0.05) is 28.7 Å². The van der Waals surface area contributed by atoms with Gasteiger partial charge >= 0.3 is 0 Å². The smallest absolute Gasteiger partial charge is 0.251 e. The molecule has 3 aromatic rings. The maximum atomic E-state index is 12.4. The van der Waals surface area contributed by atoms with Crippen LogP contribution in [-0.2, 0) is 0 Å². The average molecular weight is 409 g/mol. The third-order valence-electron chi connectivity index (χ3n) is 5.90. The molecule has 2 heterocycles. The standard InChI is InChI=1S/C21H17ClN4OS/c22-14-1-2-18-17(6-14)26-20(28-18)13-7-21(8-13)9-16(10-21)25-19(27)12-3-4-24-15(5-12)11-23/h1-6,13,16H,7-10H2,(H,25,27). The summed E-state index contributed by atoms with van der Waals surface area (Å²) in [4.78, 5) is 21.1. The lowest BCUT2D eigenvalue weighted by Gasteiger charge is -2.57. The van der Waals surface area contributed by atoms with Gasteiger partial charge in [-0.2, -0.15) is 5.26 Å². The second kappa shape index (κ2) is 6.54. The van der Waals surface area contributed by atoms with Crippen molar-refractivity contribution in [3.05, 3.63) is 57.8 Å². The van der Waals surface area contributed by atoms with Crippen LogP contribution in [0.2, 0.25) is 5.02 Å². The van der Waals surface area contributed by atoms with Crippen LogP contribution >= 0.6 is 22.9 Å². The molecule has 0 aliphatic heterocycles. The molecule has 28 heavy (non-hydrogen) atoms. The summed E-state index contributed by atoms with van der Waals surface area (Å²) in [7, 11) is 0. The molecule has 2 aliphatic carbocycles. The molecule has 2 aliphatic rings. The van der Waals surface area contributed by atoms with Crippen molar-refractivity contribution < 1.29 is 4.79 Å². The minimum absolute atomic E-state index is 0.127. The van der Waals surface area contributed by atoms with Crippen molar-refractivity contribution in [2.45, 2.75) is 37.6 Å². The van der Waals surface area contributed by atoms with Crippen LogP contribution in [0.4, 0.5) is 0 Å². The highest BCUT2D eigenvalue weighted by molar-refractivity contribution is 7.18. The first-order valence-electron chi connectivity index (χ1n) is 9.27. The van der Waals surface area contributed by atoms with Crippen molar-refractivity contribution in [1.29, 1.82) is 5.26 Å². The molecule has 2 aromatic heterocycles. The summed E-state index contributed by atoms with van der Waals surface area (Å²) in [5, 5.41) is 13.9. The van der Waals surface area contributed by atoms with Gasteiger partial charge in [0.1, 0.15) is 11.8 Å². The summed E-state index contributed by atoms with van der Waals surface area (Å²) in [6.07, 6.45) is 5.81. The Morgan fingerprint density at radius 3 is 2.86 bits per heavy atom. The highest BCUT2D eigenvalue weighted by Crippen LogP contribution is 2.62. The first-order valence-corrected chi connectivity index (χ1v) is 10.5. The first kappa shape index (κ1) is 17.6. The number of rotatable bonds is 3. The van der Waals surface area contributed by atoms with E-state index in [-0.39, 0.29) is 17.6 Å². The van der Waals surface area contributed by atoms with Gasteiger partial charge in [-0.25, -0.2) is 9.97 Å². The first-order chi connectivity index (χ1) is 13.5. The number of aromatic nitrogens is 2. The number of hydrogen-bond acceptors (Lipinski definition) is 5. The van der Waals surface area contributed by atoms with E-state index in [1.165, 1.54) is 22.0 Å². The van der Waals surface area contributed by atoms with E-state index in [0.29, 0.717) is 16.9 Å². The van der Waals surface area contributed by atoms with Crippen LogP contribution in [0.3, 0.4) is 0 Å². The van der Waals surface area contributed by atoms with Crippen molar-refractivity contribution >= 4 is 39.1 Å². The number of carbonyl (C=O) groups excluding carboxylic acids is 1. The zero-order valence-corrected chi connectivity index (χ0v) is 16.6. The Morgan fingerprint density at radius 1 is 1.25 bits per heavy atom. The number of amides is 1. The van der Waals surface area contributed by atoms with E-state index in [1.807, 2.05) is 24.3 Å². The normalized spacial score (nSPS) is 25.7. The molecule has 1 aromatic carbocycles. The molecule has 0 atom stereocenters. The van der Waals surface area contributed by atoms with Crippen LogP contribution in [-0.4, -0.2) is 21.9 Å². The van der Waals surface area contributed by atoms with Gasteiger partial charge in [0.2, 0.25) is 0 Å². The number of carbonyl (C=O) groups is 1. The Kier molecular flexibility index (Phi) is 4.11. The van der Waals surface area contributed by atoms with Gasteiger partial charge in [0.25, 0.3) is 5.91 Å². The number of nitriles is 1. The third-order valence-corrected chi connectivity index (χ3v) is 7.34. The molecule has 7 heteroatoms. The maximum absolute atomic E-state index is 12.4. The largest absolute Gasteiger partial charge is 0.349 e. The Labute approximate surface area is 171 Å². The second-order valence-electron chi connectivity index (χ2n) is 7.89. The topological polar surface area (TPSA) is 78.7 Å². The van der Waals surface area contributed by atoms with E-state index in [1.54, 1.807) is 17.4 Å². The monoisotopic (exact) mass is 408 g/mol. The van der Waals surface area contributed by atoms with Crippen LogP contribution in [0, 0.1) is 16.7 Å². The zero-order valence-electron chi connectivity index (χ0n) is 15.0. The molecule has 0 bridgehead atoms. The number of hydrogen-bond donors (Lipinski definition) is 1. The minimum Gasteiger partial charge on any atom is -0.349 e. The summed E-state index contributed by atoms with van der Waals surface area (Å²) in [6.45, 7) is 0. The fraction of sp³-hybridized carbons (Fsp3) is 0.333. The van der Waals surface area contributed by atoms with Gasteiger partial charge in [0.15, 0.2) is 0 Å². The molecule has 0 radical (unpaired) electrons. The lowest BCUT2D eigenvalue weighted by molar-refractivity contribution is -0.0187. The predicted octanol–water partition coefficient (Wildman–Crippen LogP) is 4.67. The molecule has 1 spiro atoms. The molecular formula is C21H17ClN4OS. The molecular weight excluding hydrogens is 392 g/mol. The molecule has 5 rings (SSSR count). The van der Waals surface area contributed by atoms with Crippen molar-refractivity contribution in [3.8, 4) is 6.07 Å². The van der Waals surface area contributed by atoms with E-state index in [4.69, 9.17) is 21.8 Å². The molecule has 0 unspecified atom stereocenters. The fourth-order valence-electron chi connectivity index (χ4n) is 4.58. The third kappa shape index (κ3) is 3.05. The Bertz CT molecular complexity index is 1120. The van der Waals surface area contributed by atoms with Crippen molar-refractivity contribution in [2.24, 2.45) is 5.41 Å². The molecule has 0 saturated heterocycles. The summed E-state index contributed by atoms with van der Waals surface area (Å²) < 4.78 is 1.19. The summed E-state index contributed by atoms with van der Waals surface area (Å²) in [5.74, 6) is 0.392. The van der Waals surface area contributed by atoms with E-state index >= 15 is 0 Å². The van der Waals surface area contributed by atoms with Gasteiger partial charge in [-0.05, 0) is 61.4 Å². The lowest BCUT2D eigenvalue weighted by Crippen LogP contribution is -2.55. The lowest BCUT2D eigenvalue weighted by atomic mass is 9.50. The number of thiazole rings is 1. The average Bonchev–Trinajstić information content (AvgIpc) is 3.04. The maximum Gasteiger partial charge on any atom is 0.251 e. The number of benzene rings is 1. The van der Waals surface area contributed by atoms with E-state index in [0.717, 1.165) is 36.2 Å². The SMILES string of the molecule is N#Cc1cc(C(=O)NC2CC3(C2)CC(c2nc4cc(Cl)ccc4s2)C3)ccn1. The van der Waals surface area contributed by atoms with Crippen molar-refractivity contribution in [3.63, 3.8) is 0 Å². The van der Waals surface area contributed by atoms with Crippen molar-refractivity contribution in [1.82, 2.24) is 15.3 Å². The number of halogens is 1. The zero-order chi connectivity index (χ0) is 19.3. The van der Waals surface area contributed by atoms with Gasteiger partial charge in [-0.15, -0.1) is 11.3 Å². The Balaban J connectivity index is 1.17. The molecule has 1 N–H and O–H groups in total. The molecule has 5 nitrogen and oxygen atoms in total. The molecule has 2 fully saturated rings. The molecule has 140 valence electrons. The van der Waals surface area contributed by atoms with Crippen LogP contribution < -0.4 is 5.32 Å². The Morgan fingerprint density at radius 2 is 2.07 bits per heavy atom. The number of nitrogens with one attached hydrogen (secondary N) is 1. The van der Waals surface area contributed by atoms with Crippen LogP contribution in [0.15, 0.2) is 36.5 Å². The van der Waals surface area contributed by atoms with Crippen LogP contribution in [0.25, 0.3) is 10.2 Å². The van der Waals surface area contributed by atoms with Crippen LogP contribution in [0.1, 0.15) is 52.7 Å². The van der Waals surface area contributed by atoms with E-state index < -0.39 is 0 Å². The van der Waals surface area contributed by atoms with Gasteiger partial charge < -0.3 is 5.32 Å².